The summed E-state index contributed by atoms with van der Waals surface area (Å²) in [5, 5.41) is 0. The first-order valence-electron chi connectivity index (χ1n) is 3.63. The molecule has 1 aliphatic heterocycles. The number of carbonyl (C=O) groups is 1. The molecule has 3 heteroatoms. The topological polar surface area (TPSA) is 26.3 Å². The highest BCUT2D eigenvalue weighted by Crippen LogP contribution is 2.23. The third-order valence-corrected chi connectivity index (χ3v) is 1.77. The van der Waals surface area contributed by atoms with Gasteiger partial charge in [0.2, 0.25) is 0 Å². The maximum absolute atomic E-state index is 11.2. The molecule has 2 rings (SSSR count). The fraction of sp³-hybridized carbons (Fsp3) is 0.222. The molecule has 0 aliphatic carbocycles. The first-order valence-corrected chi connectivity index (χ1v) is 3.63. The summed E-state index contributed by atoms with van der Waals surface area (Å²) in [5.41, 5.74) is 0.721. The van der Waals surface area contributed by atoms with Gasteiger partial charge in [0, 0.05) is 14.8 Å². The standard InChI is InChI=1S/C9H8O2.B/c10-8-5-6-11-9-4-2-1-3-7(8)9;/h1-4H,5-6H2;. The van der Waals surface area contributed by atoms with Crippen LogP contribution in [0.5, 0.6) is 5.75 Å². The summed E-state index contributed by atoms with van der Waals surface area (Å²) >= 11 is 0. The lowest BCUT2D eigenvalue weighted by molar-refractivity contribution is 0.0933. The van der Waals surface area contributed by atoms with E-state index >= 15 is 0 Å². The molecule has 0 saturated carbocycles. The number of carbonyl (C=O) groups excluding carboxylic acids is 1. The van der Waals surface area contributed by atoms with Crippen LogP contribution in [0.1, 0.15) is 16.8 Å². The summed E-state index contributed by atoms with van der Waals surface area (Å²) in [7, 11) is 0. The van der Waals surface area contributed by atoms with E-state index in [0.29, 0.717) is 13.0 Å². The van der Waals surface area contributed by atoms with Gasteiger partial charge in [-0.05, 0) is 12.1 Å². The second-order valence-corrected chi connectivity index (χ2v) is 2.52. The molecular formula is C9H8BO2. The Labute approximate surface area is 73.1 Å². The van der Waals surface area contributed by atoms with Crippen LogP contribution in [-0.2, 0) is 0 Å². The number of ketones is 1. The van der Waals surface area contributed by atoms with E-state index in [9.17, 15) is 4.79 Å². The number of para-hydroxylation sites is 1. The molecule has 12 heavy (non-hydrogen) atoms. The van der Waals surface area contributed by atoms with Crippen molar-refractivity contribution in [3.05, 3.63) is 29.8 Å². The number of benzene rings is 1. The van der Waals surface area contributed by atoms with E-state index in [1.165, 1.54) is 0 Å². The van der Waals surface area contributed by atoms with Crippen molar-refractivity contribution in [3.8, 4) is 5.75 Å². The Bertz CT molecular complexity index is 296. The molecule has 3 radical (unpaired) electrons. The molecule has 1 aliphatic rings. The summed E-state index contributed by atoms with van der Waals surface area (Å²) in [6.07, 6.45) is 0.511. The van der Waals surface area contributed by atoms with E-state index in [4.69, 9.17) is 4.74 Å². The molecule has 0 bridgehead atoms. The molecule has 0 spiro atoms. The average molecular weight is 159 g/mol. The number of Topliss-reactive ketones (excluding diaryl/α,β-unsaturated/α-hetero) is 1. The molecule has 2 nitrogen and oxygen atoms in total. The number of fused-ring (bicyclic) bond motifs is 1. The Morgan fingerprint density at radius 1 is 1.25 bits per heavy atom. The van der Waals surface area contributed by atoms with Crippen LogP contribution < -0.4 is 4.74 Å². The third-order valence-electron chi connectivity index (χ3n) is 1.77. The summed E-state index contributed by atoms with van der Waals surface area (Å²) in [6.45, 7) is 0.524. The quantitative estimate of drug-likeness (QED) is 0.532. The van der Waals surface area contributed by atoms with Crippen molar-refractivity contribution in [1.82, 2.24) is 0 Å². The third kappa shape index (κ3) is 1.35. The predicted molar refractivity (Wildman–Crippen MR) is 46.6 cm³/mol. The van der Waals surface area contributed by atoms with Crippen molar-refractivity contribution >= 4 is 14.2 Å². The number of hydrogen-bond acceptors (Lipinski definition) is 2. The molecule has 0 saturated heterocycles. The van der Waals surface area contributed by atoms with Crippen molar-refractivity contribution in [1.29, 1.82) is 0 Å². The molecule has 0 unspecified atom stereocenters. The lowest BCUT2D eigenvalue weighted by Gasteiger charge is -2.14. The van der Waals surface area contributed by atoms with Gasteiger partial charge >= 0.3 is 0 Å². The van der Waals surface area contributed by atoms with Gasteiger partial charge in [-0.1, -0.05) is 12.1 Å². The Morgan fingerprint density at radius 2 is 2.00 bits per heavy atom. The van der Waals surface area contributed by atoms with E-state index in [1.54, 1.807) is 6.07 Å². The SMILES string of the molecule is O=C1CCOc2ccccc21.[B]. The van der Waals surface area contributed by atoms with E-state index in [0.717, 1.165) is 11.3 Å². The van der Waals surface area contributed by atoms with E-state index < -0.39 is 0 Å². The normalized spacial score (nSPS) is 14.2. The zero-order chi connectivity index (χ0) is 7.68. The molecule has 0 fully saturated rings. The van der Waals surface area contributed by atoms with Gasteiger partial charge in [0.25, 0.3) is 0 Å². The van der Waals surface area contributed by atoms with Crippen molar-refractivity contribution < 1.29 is 9.53 Å². The number of ether oxygens (including phenoxy) is 1. The van der Waals surface area contributed by atoms with Crippen LogP contribution in [0, 0.1) is 0 Å². The maximum atomic E-state index is 11.2. The first kappa shape index (κ1) is 8.85. The zero-order valence-electron chi connectivity index (χ0n) is 6.62. The molecule has 1 heterocycles. The molecule has 0 amide bonds. The Balaban J connectivity index is 0.000000720. The maximum Gasteiger partial charge on any atom is 0.169 e. The van der Waals surface area contributed by atoms with Crippen LogP contribution >= 0.6 is 0 Å². The molecule has 1 aromatic carbocycles. The second-order valence-electron chi connectivity index (χ2n) is 2.52. The average Bonchev–Trinajstić information content (AvgIpc) is 2.06. The monoisotopic (exact) mass is 159 g/mol. The fourth-order valence-electron chi connectivity index (χ4n) is 1.21. The molecular weight excluding hydrogens is 151 g/mol. The minimum absolute atomic E-state index is 0. The minimum Gasteiger partial charge on any atom is -0.492 e. The molecule has 0 aromatic heterocycles. The largest absolute Gasteiger partial charge is 0.492 e. The smallest absolute Gasteiger partial charge is 0.169 e. The van der Waals surface area contributed by atoms with Gasteiger partial charge in [-0.2, -0.15) is 0 Å². The number of hydrogen-bond donors (Lipinski definition) is 0. The molecule has 1 aromatic rings. The van der Waals surface area contributed by atoms with Crippen molar-refractivity contribution in [2.75, 3.05) is 6.61 Å². The van der Waals surface area contributed by atoms with Crippen LogP contribution in [0.15, 0.2) is 24.3 Å². The van der Waals surface area contributed by atoms with Gasteiger partial charge in [-0.25, -0.2) is 0 Å². The second kappa shape index (κ2) is 3.43. The molecule has 0 N–H and O–H groups in total. The lowest BCUT2D eigenvalue weighted by atomic mass is 10.1. The first-order chi connectivity index (χ1) is 5.38. The Hall–Kier alpha value is -1.25. The van der Waals surface area contributed by atoms with Crippen LogP contribution in [0.25, 0.3) is 0 Å². The van der Waals surface area contributed by atoms with Gasteiger partial charge in [-0.3, -0.25) is 4.79 Å². The van der Waals surface area contributed by atoms with Crippen LogP contribution in [0.2, 0.25) is 0 Å². The fourth-order valence-corrected chi connectivity index (χ4v) is 1.21. The Kier molecular flexibility index (Phi) is 2.53. The van der Waals surface area contributed by atoms with Crippen molar-refractivity contribution in [2.45, 2.75) is 6.42 Å². The van der Waals surface area contributed by atoms with Crippen LogP contribution in [0.4, 0.5) is 0 Å². The van der Waals surface area contributed by atoms with Crippen molar-refractivity contribution in [3.63, 3.8) is 0 Å². The highest BCUT2D eigenvalue weighted by Gasteiger charge is 2.16. The van der Waals surface area contributed by atoms with E-state index in [2.05, 4.69) is 0 Å². The minimum atomic E-state index is 0. The van der Waals surface area contributed by atoms with E-state index in [1.807, 2.05) is 18.2 Å². The summed E-state index contributed by atoms with van der Waals surface area (Å²) in [6, 6.07) is 7.35. The van der Waals surface area contributed by atoms with Gasteiger partial charge in [-0.15, -0.1) is 0 Å². The van der Waals surface area contributed by atoms with Crippen molar-refractivity contribution in [2.24, 2.45) is 0 Å². The van der Waals surface area contributed by atoms with Gasteiger partial charge in [0.05, 0.1) is 12.2 Å². The number of rotatable bonds is 0. The van der Waals surface area contributed by atoms with Crippen LogP contribution in [-0.4, -0.2) is 20.8 Å². The predicted octanol–water partition coefficient (Wildman–Crippen LogP) is 1.27. The summed E-state index contributed by atoms with van der Waals surface area (Å²) in [5.74, 6) is 0.913. The van der Waals surface area contributed by atoms with Gasteiger partial charge in [0.1, 0.15) is 5.75 Å². The van der Waals surface area contributed by atoms with Gasteiger partial charge < -0.3 is 4.74 Å². The zero-order valence-corrected chi connectivity index (χ0v) is 6.62. The Morgan fingerprint density at radius 3 is 2.75 bits per heavy atom. The highest BCUT2D eigenvalue weighted by molar-refractivity contribution is 5.99. The van der Waals surface area contributed by atoms with Crippen LogP contribution in [0.3, 0.4) is 0 Å². The van der Waals surface area contributed by atoms with E-state index in [-0.39, 0.29) is 14.2 Å². The molecule has 59 valence electrons. The molecule has 0 atom stereocenters. The highest BCUT2D eigenvalue weighted by atomic mass is 16.5. The lowest BCUT2D eigenvalue weighted by Crippen LogP contribution is -2.14. The van der Waals surface area contributed by atoms with Gasteiger partial charge in [0.15, 0.2) is 5.78 Å². The summed E-state index contributed by atoms with van der Waals surface area (Å²) < 4.78 is 5.27. The summed E-state index contributed by atoms with van der Waals surface area (Å²) in [4.78, 5) is 11.2.